The quantitative estimate of drug-likeness (QED) is 0.527. The predicted octanol–water partition coefficient (Wildman–Crippen LogP) is 3.68. The van der Waals surface area contributed by atoms with Crippen molar-refractivity contribution in [1.29, 1.82) is 0 Å². The van der Waals surface area contributed by atoms with Crippen LogP contribution in [0.4, 0.5) is 0 Å². The van der Waals surface area contributed by atoms with Gasteiger partial charge in [-0.25, -0.2) is 0 Å². The Morgan fingerprint density at radius 3 is 2.64 bits per heavy atom. The third kappa shape index (κ3) is 1.85. The van der Waals surface area contributed by atoms with Crippen LogP contribution in [0, 0.1) is 5.92 Å². The van der Waals surface area contributed by atoms with Crippen LogP contribution in [-0.4, -0.2) is 0 Å². The summed E-state index contributed by atoms with van der Waals surface area (Å²) in [5.41, 5.74) is 1.77. The Morgan fingerprint density at radius 1 is 1.18 bits per heavy atom. The van der Waals surface area contributed by atoms with Gasteiger partial charge in [0, 0.05) is 0 Å². The Morgan fingerprint density at radius 2 is 2.00 bits per heavy atom. The summed E-state index contributed by atoms with van der Waals surface area (Å²) in [6.45, 7) is 0. The van der Waals surface area contributed by atoms with Crippen molar-refractivity contribution in [2.45, 2.75) is 51.4 Å². The van der Waals surface area contributed by atoms with Gasteiger partial charge in [0.05, 0.1) is 0 Å². The average molecular weight is 150 g/mol. The largest absolute Gasteiger partial charge is 0.0853 e. The van der Waals surface area contributed by atoms with Crippen LogP contribution in [-0.2, 0) is 0 Å². The molecule has 1 saturated carbocycles. The highest BCUT2D eigenvalue weighted by Gasteiger charge is 2.17. The molecule has 0 atom stereocenters. The maximum Gasteiger partial charge on any atom is -0.0292 e. The van der Waals surface area contributed by atoms with E-state index in [-0.39, 0.29) is 0 Å². The molecule has 0 aromatic heterocycles. The molecule has 0 heterocycles. The average Bonchev–Trinajstić information content (AvgIpc) is 2.60. The molecule has 62 valence electrons. The summed E-state index contributed by atoms with van der Waals surface area (Å²) in [5, 5.41) is 0. The van der Waals surface area contributed by atoms with E-state index in [0.29, 0.717) is 0 Å². The summed E-state index contributed by atoms with van der Waals surface area (Å²) in [7, 11) is 0. The van der Waals surface area contributed by atoms with E-state index in [4.69, 9.17) is 0 Å². The Bertz CT molecular complexity index is 149. The summed E-state index contributed by atoms with van der Waals surface area (Å²) in [4.78, 5) is 0. The maximum atomic E-state index is 2.48. The molecule has 0 unspecified atom stereocenters. The van der Waals surface area contributed by atoms with Crippen LogP contribution in [0.25, 0.3) is 0 Å². The van der Waals surface area contributed by atoms with Crippen molar-refractivity contribution in [3.8, 4) is 0 Å². The molecule has 2 aliphatic carbocycles. The fraction of sp³-hybridized carbons (Fsp3) is 0.818. The maximum absolute atomic E-state index is 2.48. The van der Waals surface area contributed by atoms with Crippen LogP contribution in [0.3, 0.4) is 0 Å². The molecular formula is C11H18. The van der Waals surface area contributed by atoms with Crippen molar-refractivity contribution >= 4 is 0 Å². The van der Waals surface area contributed by atoms with Crippen LogP contribution in [0.1, 0.15) is 51.4 Å². The normalized spacial score (nSPS) is 26.0. The molecule has 1 fully saturated rings. The lowest BCUT2D eigenvalue weighted by molar-refractivity contribution is 0.537. The first-order valence-electron chi connectivity index (χ1n) is 5.13. The molecular weight excluding hydrogens is 132 g/mol. The molecule has 0 radical (unpaired) electrons. The number of rotatable bonds is 2. The first-order chi connectivity index (χ1) is 5.45. The summed E-state index contributed by atoms with van der Waals surface area (Å²) < 4.78 is 0. The van der Waals surface area contributed by atoms with Gasteiger partial charge in [-0.2, -0.15) is 0 Å². The van der Waals surface area contributed by atoms with Gasteiger partial charge in [0.15, 0.2) is 0 Å². The van der Waals surface area contributed by atoms with E-state index in [1.165, 1.54) is 51.4 Å². The molecule has 0 spiro atoms. The van der Waals surface area contributed by atoms with Gasteiger partial charge in [-0.05, 0) is 31.6 Å². The zero-order valence-electron chi connectivity index (χ0n) is 7.31. The van der Waals surface area contributed by atoms with E-state index in [1.54, 1.807) is 5.57 Å². The van der Waals surface area contributed by atoms with E-state index < -0.39 is 0 Å². The summed E-state index contributed by atoms with van der Waals surface area (Å²) in [6, 6.07) is 0. The standard InChI is InChI=1S/C11H18/c1-2-6-10(5-1)9-11-7-3-4-8-11/h5,11H,1-4,6-9H2. The second-order valence-corrected chi connectivity index (χ2v) is 4.11. The number of hydrogen-bond acceptors (Lipinski definition) is 0. The van der Waals surface area contributed by atoms with E-state index in [2.05, 4.69) is 6.08 Å². The molecule has 0 nitrogen and oxygen atoms in total. The van der Waals surface area contributed by atoms with Crippen LogP contribution < -0.4 is 0 Å². The first-order valence-corrected chi connectivity index (χ1v) is 5.13. The highest BCUT2D eigenvalue weighted by atomic mass is 14.2. The van der Waals surface area contributed by atoms with Crippen molar-refractivity contribution in [3.05, 3.63) is 11.6 Å². The van der Waals surface area contributed by atoms with Crippen LogP contribution in [0.5, 0.6) is 0 Å². The van der Waals surface area contributed by atoms with Crippen molar-refractivity contribution in [1.82, 2.24) is 0 Å². The lowest BCUT2D eigenvalue weighted by Crippen LogP contribution is -1.93. The number of hydrogen-bond donors (Lipinski definition) is 0. The smallest absolute Gasteiger partial charge is 0.0292 e. The van der Waals surface area contributed by atoms with Gasteiger partial charge in [0.1, 0.15) is 0 Å². The van der Waals surface area contributed by atoms with Crippen molar-refractivity contribution in [3.63, 3.8) is 0 Å². The van der Waals surface area contributed by atoms with Gasteiger partial charge in [0.2, 0.25) is 0 Å². The minimum atomic E-state index is 1.07. The molecule has 0 aromatic carbocycles. The zero-order chi connectivity index (χ0) is 7.52. The minimum Gasteiger partial charge on any atom is -0.0853 e. The molecule has 0 N–H and O–H groups in total. The molecule has 0 aliphatic heterocycles. The van der Waals surface area contributed by atoms with Crippen LogP contribution in [0.15, 0.2) is 11.6 Å². The minimum absolute atomic E-state index is 1.07. The van der Waals surface area contributed by atoms with Gasteiger partial charge in [-0.15, -0.1) is 0 Å². The Kier molecular flexibility index (Phi) is 2.30. The Hall–Kier alpha value is -0.260. The molecule has 0 bridgehead atoms. The lowest BCUT2D eigenvalue weighted by Gasteiger charge is -2.08. The zero-order valence-corrected chi connectivity index (χ0v) is 7.31. The van der Waals surface area contributed by atoms with E-state index >= 15 is 0 Å². The topological polar surface area (TPSA) is 0 Å². The second-order valence-electron chi connectivity index (χ2n) is 4.11. The summed E-state index contributed by atoms with van der Waals surface area (Å²) >= 11 is 0. The molecule has 0 heteroatoms. The summed E-state index contributed by atoms with van der Waals surface area (Å²) in [6.07, 6.45) is 14.2. The van der Waals surface area contributed by atoms with E-state index in [9.17, 15) is 0 Å². The molecule has 2 rings (SSSR count). The number of allylic oxidation sites excluding steroid dienone is 2. The monoisotopic (exact) mass is 150 g/mol. The highest BCUT2D eigenvalue weighted by Crippen LogP contribution is 2.33. The Labute approximate surface area is 69.7 Å². The third-order valence-electron chi connectivity index (χ3n) is 3.16. The van der Waals surface area contributed by atoms with Gasteiger partial charge < -0.3 is 0 Å². The Balaban J connectivity index is 1.79. The van der Waals surface area contributed by atoms with Crippen LogP contribution in [0.2, 0.25) is 0 Å². The predicted molar refractivity (Wildman–Crippen MR) is 48.5 cm³/mol. The molecule has 0 aromatic rings. The van der Waals surface area contributed by atoms with E-state index in [1.807, 2.05) is 0 Å². The summed E-state index contributed by atoms with van der Waals surface area (Å²) in [5.74, 6) is 1.07. The fourth-order valence-corrected chi connectivity index (χ4v) is 2.51. The van der Waals surface area contributed by atoms with Gasteiger partial charge in [-0.1, -0.05) is 37.3 Å². The second kappa shape index (κ2) is 3.42. The lowest BCUT2D eigenvalue weighted by atomic mass is 9.98. The molecule has 2 aliphatic rings. The third-order valence-corrected chi connectivity index (χ3v) is 3.16. The molecule has 11 heavy (non-hydrogen) atoms. The van der Waals surface area contributed by atoms with Crippen LogP contribution >= 0.6 is 0 Å². The van der Waals surface area contributed by atoms with Crippen molar-refractivity contribution in [2.75, 3.05) is 0 Å². The molecule has 0 amide bonds. The SMILES string of the molecule is C1=C(CC2CCCC2)CCC1. The fourth-order valence-electron chi connectivity index (χ4n) is 2.51. The van der Waals surface area contributed by atoms with Gasteiger partial charge in [-0.3, -0.25) is 0 Å². The van der Waals surface area contributed by atoms with Gasteiger partial charge in [0.25, 0.3) is 0 Å². The van der Waals surface area contributed by atoms with Crippen molar-refractivity contribution < 1.29 is 0 Å². The van der Waals surface area contributed by atoms with Gasteiger partial charge >= 0.3 is 0 Å². The highest BCUT2D eigenvalue weighted by molar-refractivity contribution is 5.08. The van der Waals surface area contributed by atoms with E-state index in [0.717, 1.165) is 5.92 Å². The first kappa shape index (κ1) is 7.39. The van der Waals surface area contributed by atoms with Crippen molar-refractivity contribution in [2.24, 2.45) is 5.92 Å². The molecule has 0 saturated heterocycles.